The molecule has 1 saturated heterocycles. The summed E-state index contributed by atoms with van der Waals surface area (Å²) in [7, 11) is 0. The molecule has 2 aromatic rings. The molecule has 3 rings (SSSR count). The van der Waals surface area contributed by atoms with Gasteiger partial charge in [-0.15, -0.1) is 0 Å². The quantitative estimate of drug-likeness (QED) is 0.819. The maximum atomic E-state index is 12.3. The van der Waals surface area contributed by atoms with Crippen molar-refractivity contribution < 1.29 is 4.79 Å². The highest BCUT2D eigenvalue weighted by molar-refractivity contribution is 6.29. The van der Waals surface area contributed by atoms with Crippen LogP contribution in [-0.2, 0) is 6.42 Å². The monoisotopic (exact) mass is 357 g/mol. The molecule has 0 bridgehead atoms. The summed E-state index contributed by atoms with van der Waals surface area (Å²) in [6.45, 7) is 8.07. The molecule has 1 aromatic heterocycles. The molecule has 0 radical (unpaired) electrons. The van der Waals surface area contributed by atoms with E-state index in [0.29, 0.717) is 10.7 Å². The zero-order chi connectivity index (χ0) is 17.8. The van der Waals surface area contributed by atoms with Gasteiger partial charge in [-0.1, -0.05) is 37.6 Å². The fourth-order valence-corrected chi connectivity index (χ4v) is 3.44. The van der Waals surface area contributed by atoms with Crippen LogP contribution >= 0.6 is 11.6 Å². The SMILES string of the molecule is C[C@@H]1CN(CCc2cccc(NC(=O)c3ccnc(Cl)c3)c2)C[C@@H]1C. The van der Waals surface area contributed by atoms with Crippen molar-refractivity contribution in [2.24, 2.45) is 11.8 Å². The second-order valence-corrected chi connectivity index (χ2v) is 7.37. The third-order valence-electron chi connectivity index (χ3n) is 4.95. The van der Waals surface area contributed by atoms with Crippen molar-refractivity contribution in [2.75, 3.05) is 25.0 Å². The van der Waals surface area contributed by atoms with Crippen molar-refractivity contribution in [2.45, 2.75) is 20.3 Å². The first kappa shape index (κ1) is 17.9. The van der Waals surface area contributed by atoms with Gasteiger partial charge in [0.2, 0.25) is 0 Å². The van der Waals surface area contributed by atoms with Crippen LogP contribution in [0.3, 0.4) is 0 Å². The van der Waals surface area contributed by atoms with Gasteiger partial charge in [0.05, 0.1) is 0 Å². The van der Waals surface area contributed by atoms with Gasteiger partial charge < -0.3 is 10.2 Å². The summed E-state index contributed by atoms with van der Waals surface area (Å²) >= 11 is 5.85. The van der Waals surface area contributed by atoms with Crippen molar-refractivity contribution in [1.29, 1.82) is 0 Å². The third-order valence-corrected chi connectivity index (χ3v) is 5.16. The Morgan fingerprint density at radius 1 is 1.24 bits per heavy atom. The number of carbonyl (C=O) groups excluding carboxylic acids is 1. The van der Waals surface area contributed by atoms with Gasteiger partial charge >= 0.3 is 0 Å². The number of anilines is 1. The van der Waals surface area contributed by atoms with Gasteiger partial charge in [-0.3, -0.25) is 4.79 Å². The molecule has 4 nitrogen and oxygen atoms in total. The molecule has 0 saturated carbocycles. The van der Waals surface area contributed by atoms with Crippen LogP contribution in [-0.4, -0.2) is 35.4 Å². The molecule has 1 N–H and O–H groups in total. The first-order valence-corrected chi connectivity index (χ1v) is 9.13. The number of likely N-dealkylation sites (tertiary alicyclic amines) is 1. The minimum atomic E-state index is -0.177. The molecule has 1 amide bonds. The second kappa shape index (κ2) is 7.98. The van der Waals surface area contributed by atoms with E-state index in [4.69, 9.17) is 11.6 Å². The summed E-state index contributed by atoms with van der Waals surface area (Å²) in [5.41, 5.74) is 2.54. The lowest BCUT2D eigenvalue weighted by Gasteiger charge is -2.15. The molecule has 1 aliphatic heterocycles. The largest absolute Gasteiger partial charge is 0.322 e. The van der Waals surface area contributed by atoms with Crippen LogP contribution in [0.5, 0.6) is 0 Å². The van der Waals surface area contributed by atoms with E-state index in [-0.39, 0.29) is 5.91 Å². The number of rotatable bonds is 5. The van der Waals surface area contributed by atoms with Crippen molar-refractivity contribution in [3.05, 3.63) is 58.9 Å². The lowest BCUT2D eigenvalue weighted by atomic mass is 10.0. The average molecular weight is 358 g/mol. The number of halogens is 1. The predicted molar refractivity (Wildman–Crippen MR) is 102 cm³/mol. The van der Waals surface area contributed by atoms with E-state index < -0.39 is 0 Å². The molecule has 0 spiro atoms. The van der Waals surface area contributed by atoms with E-state index in [1.54, 1.807) is 12.1 Å². The normalized spacial score (nSPS) is 20.6. The Morgan fingerprint density at radius 3 is 2.72 bits per heavy atom. The fraction of sp³-hybridized carbons (Fsp3) is 0.400. The van der Waals surface area contributed by atoms with Gasteiger partial charge in [-0.2, -0.15) is 0 Å². The number of pyridine rings is 1. The Bertz CT molecular complexity index is 739. The molecular formula is C20H24ClN3O. The molecule has 0 aliphatic carbocycles. The number of hydrogen-bond donors (Lipinski definition) is 1. The summed E-state index contributed by atoms with van der Waals surface area (Å²) in [4.78, 5) is 18.7. The summed E-state index contributed by atoms with van der Waals surface area (Å²) in [5.74, 6) is 1.37. The smallest absolute Gasteiger partial charge is 0.255 e. The molecule has 132 valence electrons. The number of aromatic nitrogens is 1. The number of carbonyl (C=O) groups is 1. The lowest BCUT2D eigenvalue weighted by molar-refractivity contribution is 0.102. The molecule has 25 heavy (non-hydrogen) atoms. The molecule has 1 aliphatic rings. The number of benzene rings is 1. The summed E-state index contributed by atoms with van der Waals surface area (Å²) in [6, 6.07) is 11.3. The van der Waals surface area contributed by atoms with Crippen LogP contribution in [0.2, 0.25) is 5.15 Å². The standard InChI is InChI=1S/C20H24ClN3O/c1-14-12-24(13-15(14)2)9-7-16-4-3-5-18(10-16)23-20(25)17-6-8-22-19(21)11-17/h3-6,8,10-11,14-15H,7,9,12-13H2,1-2H3,(H,23,25)/t14-,15+. The van der Waals surface area contributed by atoms with Crippen LogP contribution in [0.4, 0.5) is 5.69 Å². The van der Waals surface area contributed by atoms with E-state index in [0.717, 1.165) is 30.5 Å². The third kappa shape index (κ3) is 4.80. The lowest BCUT2D eigenvalue weighted by Crippen LogP contribution is -2.23. The van der Waals surface area contributed by atoms with E-state index in [1.807, 2.05) is 18.2 Å². The van der Waals surface area contributed by atoms with Gasteiger partial charge in [-0.05, 0) is 48.1 Å². The van der Waals surface area contributed by atoms with Crippen molar-refractivity contribution in [3.63, 3.8) is 0 Å². The number of nitrogens with zero attached hydrogens (tertiary/aromatic N) is 2. The molecule has 1 aromatic carbocycles. The topological polar surface area (TPSA) is 45.2 Å². The zero-order valence-corrected chi connectivity index (χ0v) is 15.5. The van der Waals surface area contributed by atoms with Gasteiger partial charge in [0.25, 0.3) is 5.91 Å². The average Bonchev–Trinajstić information content (AvgIpc) is 2.91. The van der Waals surface area contributed by atoms with Crippen molar-refractivity contribution >= 4 is 23.2 Å². The van der Waals surface area contributed by atoms with Gasteiger partial charge in [0.15, 0.2) is 0 Å². The van der Waals surface area contributed by atoms with E-state index in [1.165, 1.54) is 24.8 Å². The van der Waals surface area contributed by atoms with E-state index in [2.05, 4.69) is 35.1 Å². The number of nitrogens with one attached hydrogen (secondary N) is 1. The second-order valence-electron chi connectivity index (χ2n) is 6.99. The van der Waals surface area contributed by atoms with E-state index in [9.17, 15) is 4.79 Å². The summed E-state index contributed by atoms with van der Waals surface area (Å²) in [6.07, 6.45) is 2.52. The Kier molecular flexibility index (Phi) is 5.71. The molecule has 1 fully saturated rings. The Balaban J connectivity index is 1.59. The van der Waals surface area contributed by atoms with Crippen LogP contribution in [0.15, 0.2) is 42.6 Å². The van der Waals surface area contributed by atoms with Crippen LogP contribution in [0.1, 0.15) is 29.8 Å². The minimum Gasteiger partial charge on any atom is -0.322 e. The highest BCUT2D eigenvalue weighted by Gasteiger charge is 2.25. The highest BCUT2D eigenvalue weighted by atomic mass is 35.5. The molecule has 2 atom stereocenters. The van der Waals surface area contributed by atoms with Crippen molar-refractivity contribution in [3.8, 4) is 0 Å². The van der Waals surface area contributed by atoms with E-state index >= 15 is 0 Å². The maximum Gasteiger partial charge on any atom is 0.255 e. The summed E-state index contributed by atoms with van der Waals surface area (Å²) < 4.78 is 0. The van der Waals surface area contributed by atoms with Crippen LogP contribution in [0.25, 0.3) is 0 Å². The maximum absolute atomic E-state index is 12.3. The van der Waals surface area contributed by atoms with Gasteiger partial charge in [-0.25, -0.2) is 4.98 Å². The van der Waals surface area contributed by atoms with Crippen molar-refractivity contribution in [1.82, 2.24) is 9.88 Å². The van der Waals surface area contributed by atoms with Gasteiger partial charge in [0.1, 0.15) is 5.15 Å². The minimum absolute atomic E-state index is 0.177. The summed E-state index contributed by atoms with van der Waals surface area (Å²) in [5, 5.41) is 3.24. The Morgan fingerprint density at radius 2 is 2.00 bits per heavy atom. The first-order chi connectivity index (χ1) is 12.0. The number of amides is 1. The number of hydrogen-bond acceptors (Lipinski definition) is 3. The Labute approximate surface area is 154 Å². The highest BCUT2D eigenvalue weighted by Crippen LogP contribution is 2.22. The van der Waals surface area contributed by atoms with Gasteiger partial charge in [0, 0.05) is 37.1 Å². The molecular weight excluding hydrogens is 334 g/mol. The fourth-order valence-electron chi connectivity index (χ4n) is 3.27. The molecule has 2 heterocycles. The predicted octanol–water partition coefficient (Wildman–Crippen LogP) is 4.12. The Hall–Kier alpha value is -1.91. The van der Waals surface area contributed by atoms with Crippen LogP contribution in [0, 0.1) is 11.8 Å². The molecule has 5 heteroatoms. The first-order valence-electron chi connectivity index (χ1n) is 8.75. The molecule has 0 unspecified atom stereocenters. The van der Waals surface area contributed by atoms with Crippen LogP contribution < -0.4 is 5.32 Å². The zero-order valence-electron chi connectivity index (χ0n) is 14.7.